The molecule has 2 amide bonds. The first-order chi connectivity index (χ1) is 17.0. The van der Waals surface area contributed by atoms with E-state index >= 15 is 0 Å². The third-order valence-corrected chi connectivity index (χ3v) is 7.74. The van der Waals surface area contributed by atoms with Gasteiger partial charge in [-0.15, -0.1) is 0 Å². The van der Waals surface area contributed by atoms with Crippen LogP contribution in [0.1, 0.15) is 31.4 Å². The lowest BCUT2D eigenvalue weighted by molar-refractivity contribution is -0.153. The number of amides is 2. The van der Waals surface area contributed by atoms with Gasteiger partial charge >= 0.3 is 0 Å². The number of primary amides is 1. The van der Waals surface area contributed by atoms with Crippen LogP contribution in [-0.2, 0) is 25.6 Å². The molecule has 198 valence electrons. The fraction of sp³-hybridized carbons (Fsp3) is 0.440. The summed E-state index contributed by atoms with van der Waals surface area (Å²) in [4.78, 5) is 52.8. The van der Waals surface area contributed by atoms with Crippen LogP contribution in [0.25, 0.3) is 5.76 Å². The van der Waals surface area contributed by atoms with Gasteiger partial charge in [0.2, 0.25) is 11.7 Å². The van der Waals surface area contributed by atoms with Crippen molar-refractivity contribution in [3.63, 3.8) is 0 Å². The molecule has 0 bridgehead atoms. The van der Waals surface area contributed by atoms with Gasteiger partial charge in [0, 0.05) is 11.5 Å². The van der Waals surface area contributed by atoms with Gasteiger partial charge in [0.25, 0.3) is 5.91 Å². The monoisotopic (exact) mass is 577 g/mol. The first-order valence-electron chi connectivity index (χ1n) is 11.5. The van der Waals surface area contributed by atoms with Crippen molar-refractivity contribution in [1.82, 2.24) is 4.90 Å². The molecular formula is C25H28BrN3O8. The van der Waals surface area contributed by atoms with Gasteiger partial charge in [-0.25, -0.2) is 0 Å². The maximum atomic E-state index is 13.8. The zero-order chi connectivity index (χ0) is 27.8. The molecule has 0 spiro atoms. The minimum absolute atomic E-state index is 0.00277. The number of carbonyl (C=O) groups excluding carboxylic acids is 4. The highest BCUT2D eigenvalue weighted by Crippen LogP contribution is 2.53. The summed E-state index contributed by atoms with van der Waals surface area (Å²) in [6.07, 6.45) is 0.170. The van der Waals surface area contributed by atoms with Crippen LogP contribution in [0.15, 0.2) is 29.0 Å². The van der Waals surface area contributed by atoms with Gasteiger partial charge in [-0.2, -0.15) is 0 Å². The molecule has 3 aliphatic carbocycles. The van der Waals surface area contributed by atoms with E-state index in [1.165, 1.54) is 25.1 Å². The van der Waals surface area contributed by atoms with Crippen molar-refractivity contribution in [1.29, 1.82) is 0 Å². The first-order valence-corrected chi connectivity index (χ1v) is 12.3. The highest BCUT2D eigenvalue weighted by molar-refractivity contribution is 9.10. The third-order valence-electron chi connectivity index (χ3n) is 7.38. The lowest BCUT2D eigenvalue weighted by atomic mass is 9.57. The Morgan fingerprint density at radius 1 is 1.19 bits per heavy atom. The molecule has 0 aliphatic heterocycles. The average molecular weight is 578 g/mol. The van der Waals surface area contributed by atoms with Crippen molar-refractivity contribution in [2.24, 2.45) is 17.6 Å². The summed E-state index contributed by atoms with van der Waals surface area (Å²) >= 11 is 3.23. The van der Waals surface area contributed by atoms with Gasteiger partial charge in [-0.05, 0) is 58.3 Å². The van der Waals surface area contributed by atoms with E-state index in [2.05, 4.69) is 21.2 Å². The standard InChI is InChI=1S/C25H28BrN3O8/c1-24(2,26)23(36)28-12-6-5-9-7-10-8-11-16(29(3)4)19(32)15(22(27)35)21(34)25(11,37)20(33)14(10)18(31)13(9)17(12)30/h5-6,10-11,16,30-31,34,37H,7-8H2,1-4H3,(H2,27,35)(H,28,36)/t10?,11?,16-,25?/m0/s1. The highest BCUT2D eigenvalue weighted by Gasteiger charge is 2.64. The molecule has 1 aromatic carbocycles. The summed E-state index contributed by atoms with van der Waals surface area (Å²) in [5, 5.41) is 47.2. The van der Waals surface area contributed by atoms with Crippen molar-refractivity contribution in [2.45, 2.75) is 42.7 Å². The number of carbonyl (C=O) groups is 4. The van der Waals surface area contributed by atoms with E-state index in [0.29, 0.717) is 5.56 Å². The summed E-state index contributed by atoms with van der Waals surface area (Å²) < 4.78 is -0.956. The highest BCUT2D eigenvalue weighted by atomic mass is 79.9. The van der Waals surface area contributed by atoms with Crippen LogP contribution >= 0.6 is 15.9 Å². The quantitative estimate of drug-likeness (QED) is 0.172. The molecule has 0 heterocycles. The molecule has 0 aromatic heterocycles. The Kier molecular flexibility index (Phi) is 6.29. The number of phenols is 1. The number of rotatable bonds is 4. The number of anilines is 1. The molecule has 4 rings (SSSR count). The number of Topliss-reactive ketones (excluding diaryl/α,β-unsaturated/α-hetero) is 2. The van der Waals surface area contributed by atoms with E-state index in [0.717, 1.165) is 0 Å². The number of halogens is 1. The van der Waals surface area contributed by atoms with E-state index < -0.39 is 74.0 Å². The topological polar surface area (TPSA) is 190 Å². The first kappa shape index (κ1) is 26.8. The second-order valence-electron chi connectivity index (χ2n) is 10.4. The number of benzene rings is 1. The van der Waals surface area contributed by atoms with Crippen LogP contribution < -0.4 is 11.1 Å². The number of nitrogens with two attached hydrogens (primary N) is 1. The minimum Gasteiger partial charge on any atom is -0.508 e. The lowest BCUT2D eigenvalue weighted by Gasteiger charge is -2.50. The molecule has 1 aromatic rings. The van der Waals surface area contributed by atoms with Crippen molar-refractivity contribution in [3.8, 4) is 5.75 Å². The molecule has 0 radical (unpaired) electrons. The van der Waals surface area contributed by atoms with E-state index in [1.807, 2.05) is 0 Å². The van der Waals surface area contributed by atoms with Crippen LogP contribution in [0.3, 0.4) is 0 Å². The Hall–Kier alpha value is -3.22. The molecule has 12 heteroatoms. The average Bonchev–Trinajstić information content (AvgIpc) is 2.77. The molecule has 3 unspecified atom stereocenters. The van der Waals surface area contributed by atoms with Crippen molar-refractivity contribution in [2.75, 3.05) is 19.4 Å². The fourth-order valence-electron chi connectivity index (χ4n) is 5.59. The Morgan fingerprint density at radius 2 is 1.81 bits per heavy atom. The van der Waals surface area contributed by atoms with Crippen molar-refractivity contribution >= 4 is 50.8 Å². The predicted molar refractivity (Wildman–Crippen MR) is 136 cm³/mol. The number of phenolic OH excluding ortho intramolecular Hbond substituents is 1. The summed E-state index contributed by atoms with van der Waals surface area (Å²) in [7, 11) is 3.07. The molecule has 11 nitrogen and oxygen atoms in total. The number of fused-ring (bicyclic) bond motifs is 3. The number of likely N-dealkylation sites (N-methyl/N-ethyl adjacent to an activating group) is 1. The maximum absolute atomic E-state index is 13.8. The molecular weight excluding hydrogens is 550 g/mol. The number of ketones is 2. The van der Waals surface area contributed by atoms with Crippen LogP contribution in [0.4, 0.5) is 5.69 Å². The molecule has 7 N–H and O–H groups in total. The van der Waals surface area contributed by atoms with Crippen molar-refractivity contribution < 1.29 is 39.6 Å². The molecule has 4 atom stereocenters. The van der Waals surface area contributed by atoms with Crippen LogP contribution in [0, 0.1) is 11.8 Å². The number of nitrogens with zero attached hydrogens (tertiary/aromatic N) is 1. The molecule has 0 saturated heterocycles. The molecule has 1 fully saturated rings. The van der Waals surface area contributed by atoms with Crippen LogP contribution in [0.2, 0.25) is 0 Å². The third kappa shape index (κ3) is 3.85. The summed E-state index contributed by atoms with van der Waals surface area (Å²) in [5.41, 5.74) is 1.87. The Balaban J connectivity index is 1.89. The van der Waals surface area contributed by atoms with Gasteiger partial charge in [-0.3, -0.25) is 24.1 Å². The van der Waals surface area contributed by atoms with Gasteiger partial charge in [0.05, 0.1) is 21.6 Å². The van der Waals surface area contributed by atoms with E-state index in [-0.39, 0.29) is 29.7 Å². The number of hydrogen-bond donors (Lipinski definition) is 6. The number of hydrogen-bond acceptors (Lipinski definition) is 9. The van der Waals surface area contributed by atoms with E-state index in [9.17, 15) is 39.6 Å². The SMILES string of the molecule is CN(C)[C@@H]1C(=O)C(C(N)=O)=C(O)C2(O)C(=O)C3=C(O)c4c(ccc(NC(=O)C(C)(C)Br)c4O)CC3CC12. The smallest absolute Gasteiger partial charge is 0.255 e. The minimum atomic E-state index is -2.70. The molecule has 37 heavy (non-hydrogen) atoms. The van der Waals surface area contributed by atoms with Gasteiger partial charge in [0.15, 0.2) is 11.4 Å². The second kappa shape index (κ2) is 8.67. The predicted octanol–water partition coefficient (Wildman–Crippen LogP) is 1.08. The van der Waals surface area contributed by atoms with Crippen LogP contribution in [-0.4, -0.2) is 78.8 Å². The summed E-state index contributed by atoms with van der Waals surface area (Å²) in [5.74, 6) is -7.71. The van der Waals surface area contributed by atoms with Gasteiger partial charge in [-0.1, -0.05) is 22.0 Å². The van der Waals surface area contributed by atoms with E-state index in [4.69, 9.17) is 5.73 Å². The van der Waals surface area contributed by atoms with E-state index in [1.54, 1.807) is 19.9 Å². The zero-order valence-electron chi connectivity index (χ0n) is 20.6. The summed E-state index contributed by atoms with van der Waals surface area (Å²) in [6, 6.07) is 1.93. The van der Waals surface area contributed by atoms with Gasteiger partial charge < -0.3 is 31.5 Å². The molecule has 3 aliphatic rings. The van der Waals surface area contributed by atoms with Gasteiger partial charge in [0.1, 0.15) is 22.8 Å². The Bertz CT molecular complexity index is 1330. The zero-order valence-corrected chi connectivity index (χ0v) is 22.2. The Labute approximate surface area is 220 Å². The molecule has 1 saturated carbocycles. The number of nitrogens with one attached hydrogen (secondary N) is 1. The number of aromatic hydroxyl groups is 1. The summed E-state index contributed by atoms with van der Waals surface area (Å²) in [6.45, 7) is 3.21. The lowest BCUT2D eigenvalue weighted by Crippen LogP contribution is -2.65. The largest absolute Gasteiger partial charge is 0.508 e. The number of alkyl halides is 1. The fourth-order valence-corrected chi connectivity index (χ4v) is 5.69. The van der Waals surface area contributed by atoms with Crippen molar-refractivity contribution in [3.05, 3.63) is 40.2 Å². The van der Waals surface area contributed by atoms with Crippen LogP contribution in [0.5, 0.6) is 5.75 Å². The Morgan fingerprint density at radius 3 is 2.35 bits per heavy atom. The second-order valence-corrected chi connectivity index (χ2v) is 12.4. The normalized spacial score (nSPS) is 27.6. The number of aliphatic hydroxyl groups excluding tert-OH is 2. The number of aliphatic hydroxyl groups is 3. The maximum Gasteiger partial charge on any atom is 0.255 e.